The van der Waals surface area contributed by atoms with Crippen molar-refractivity contribution < 1.29 is 9.50 Å². The smallest absolute Gasteiger partial charge is 0.267 e. The molecule has 0 radical (unpaired) electrons. The summed E-state index contributed by atoms with van der Waals surface area (Å²) in [6, 6.07) is 4.06. The maximum Gasteiger partial charge on any atom is 0.267 e. The van der Waals surface area contributed by atoms with Crippen molar-refractivity contribution in [1.82, 2.24) is 0 Å². The van der Waals surface area contributed by atoms with Gasteiger partial charge < -0.3 is 5.11 Å². The molecular weight excluding hydrogens is 234 g/mol. The molecule has 0 unspecified atom stereocenters. The number of hydrogen-bond acceptors (Lipinski definition) is 0. The SMILES string of the molecule is [OH2+]c1ccc(F)cc1I. The molecule has 1 rings (SSSR count). The van der Waals surface area contributed by atoms with Gasteiger partial charge in [0, 0.05) is 6.07 Å². The van der Waals surface area contributed by atoms with E-state index in [0.717, 1.165) is 0 Å². The quantitative estimate of drug-likeness (QED) is 0.487. The minimum absolute atomic E-state index is 0.282. The zero-order valence-corrected chi connectivity index (χ0v) is 6.65. The number of rotatable bonds is 0. The van der Waals surface area contributed by atoms with Gasteiger partial charge in [0.2, 0.25) is 0 Å². The Kier molecular flexibility index (Phi) is 1.90. The van der Waals surface area contributed by atoms with Crippen molar-refractivity contribution in [2.45, 2.75) is 0 Å². The van der Waals surface area contributed by atoms with Crippen molar-refractivity contribution in [1.29, 1.82) is 0 Å². The van der Waals surface area contributed by atoms with Crippen molar-refractivity contribution >= 4 is 22.6 Å². The Morgan fingerprint density at radius 1 is 1.44 bits per heavy atom. The van der Waals surface area contributed by atoms with Gasteiger partial charge in [0.15, 0.2) is 0 Å². The van der Waals surface area contributed by atoms with Gasteiger partial charge in [0.1, 0.15) is 9.39 Å². The molecule has 0 amide bonds. The summed E-state index contributed by atoms with van der Waals surface area (Å²) >= 11 is 1.92. The molecule has 1 aromatic carbocycles. The molecule has 0 saturated heterocycles. The van der Waals surface area contributed by atoms with Crippen molar-refractivity contribution in [3.05, 3.63) is 27.6 Å². The van der Waals surface area contributed by atoms with Crippen LogP contribution in [-0.2, 0) is 0 Å². The number of benzene rings is 1. The van der Waals surface area contributed by atoms with E-state index in [2.05, 4.69) is 0 Å². The van der Waals surface area contributed by atoms with Gasteiger partial charge >= 0.3 is 0 Å². The van der Waals surface area contributed by atoms with Crippen LogP contribution in [0.2, 0.25) is 0 Å². The summed E-state index contributed by atoms with van der Waals surface area (Å²) in [6.07, 6.45) is 0. The predicted molar refractivity (Wildman–Crippen MR) is 42.2 cm³/mol. The molecule has 2 N–H and O–H groups in total. The zero-order valence-electron chi connectivity index (χ0n) is 4.49. The first-order valence-electron chi connectivity index (χ1n) is 2.37. The van der Waals surface area contributed by atoms with Crippen LogP contribution in [0.5, 0.6) is 5.75 Å². The van der Waals surface area contributed by atoms with E-state index in [-0.39, 0.29) is 5.82 Å². The monoisotopic (exact) mass is 239 g/mol. The van der Waals surface area contributed by atoms with Crippen LogP contribution in [0.1, 0.15) is 0 Å². The van der Waals surface area contributed by atoms with E-state index in [1.807, 2.05) is 22.6 Å². The first-order valence-corrected chi connectivity index (χ1v) is 3.44. The van der Waals surface area contributed by atoms with Gasteiger partial charge in [-0.1, -0.05) is 0 Å². The molecular formula is C6H5FIO+. The summed E-state index contributed by atoms with van der Waals surface area (Å²) in [5.74, 6) is 0.0902. The fourth-order valence-electron chi connectivity index (χ4n) is 0.489. The Morgan fingerprint density at radius 3 is 2.56 bits per heavy atom. The minimum Gasteiger partial charge on any atom is -0.593 e. The lowest BCUT2D eigenvalue weighted by molar-refractivity contribution is 0.469. The molecule has 0 fully saturated rings. The van der Waals surface area contributed by atoms with Gasteiger partial charge in [-0.2, -0.15) is 0 Å². The van der Waals surface area contributed by atoms with E-state index in [1.165, 1.54) is 18.2 Å². The fraction of sp³-hybridized carbons (Fsp3) is 0. The van der Waals surface area contributed by atoms with Crippen molar-refractivity contribution in [2.24, 2.45) is 0 Å². The van der Waals surface area contributed by atoms with Gasteiger partial charge in [-0.05, 0) is 34.7 Å². The lowest BCUT2D eigenvalue weighted by atomic mass is 10.3. The molecule has 3 heteroatoms. The molecule has 0 aliphatic heterocycles. The molecule has 0 saturated carbocycles. The average Bonchev–Trinajstić information content (AvgIpc) is 1.80. The Bertz CT molecular complexity index is 224. The minimum atomic E-state index is -0.282. The second-order valence-corrected chi connectivity index (χ2v) is 2.79. The number of halogens is 2. The van der Waals surface area contributed by atoms with E-state index in [4.69, 9.17) is 5.11 Å². The molecule has 1 aromatic rings. The Labute approximate surface area is 65.7 Å². The van der Waals surface area contributed by atoms with Crippen LogP contribution in [-0.4, -0.2) is 5.11 Å². The largest absolute Gasteiger partial charge is 0.593 e. The van der Waals surface area contributed by atoms with Gasteiger partial charge in [-0.25, -0.2) is 4.39 Å². The maximum absolute atomic E-state index is 12.3. The first kappa shape index (κ1) is 6.80. The summed E-state index contributed by atoms with van der Waals surface area (Å²) in [4.78, 5) is 0. The molecule has 0 aliphatic rings. The standard InChI is InChI=1S/C6H4FIO/c7-4-1-2-6(9)5(8)3-4/h1-3,9H/p+1. The number of hydrogen-bond donors (Lipinski definition) is 0. The highest BCUT2D eigenvalue weighted by Crippen LogP contribution is 2.18. The lowest BCUT2D eigenvalue weighted by Crippen LogP contribution is -1.75. The van der Waals surface area contributed by atoms with Gasteiger partial charge in [-0.3, -0.25) is 0 Å². The zero-order chi connectivity index (χ0) is 6.85. The highest BCUT2D eigenvalue weighted by Gasteiger charge is 2.00. The van der Waals surface area contributed by atoms with Crippen LogP contribution in [0.15, 0.2) is 18.2 Å². The van der Waals surface area contributed by atoms with E-state index < -0.39 is 0 Å². The highest BCUT2D eigenvalue weighted by molar-refractivity contribution is 14.1. The Balaban J connectivity index is 3.17. The summed E-state index contributed by atoms with van der Waals surface area (Å²) in [6.45, 7) is 0. The van der Waals surface area contributed by atoms with Crippen LogP contribution in [0.3, 0.4) is 0 Å². The molecule has 0 bridgehead atoms. The predicted octanol–water partition coefficient (Wildman–Crippen LogP) is 1.87. The second-order valence-electron chi connectivity index (χ2n) is 1.62. The van der Waals surface area contributed by atoms with Gasteiger partial charge in [0.25, 0.3) is 5.75 Å². The van der Waals surface area contributed by atoms with Crippen LogP contribution in [0.25, 0.3) is 0 Å². The van der Waals surface area contributed by atoms with E-state index in [0.29, 0.717) is 9.32 Å². The van der Waals surface area contributed by atoms with Crippen LogP contribution >= 0.6 is 22.6 Å². The molecule has 0 spiro atoms. The fourth-order valence-corrected chi connectivity index (χ4v) is 0.967. The molecule has 0 aliphatic carbocycles. The molecule has 1 nitrogen and oxygen atoms in total. The third-order valence-corrected chi connectivity index (χ3v) is 1.82. The van der Waals surface area contributed by atoms with E-state index in [9.17, 15) is 4.39 Å². The summed E-state index contributed by atoms with van der Waals surface area (Å²) in [7, 11) is 0. The Morgan fingerprint density at radius 2 is 2.11 bits per heavy atom. The second kappa shape index (κ2) is 2.51. The topological polar surface area (TPSA) is 22.9 Å². The Hall–Kier alpha value is -0.320. The third kappa shape index (κ3) is 1.54. The summed E-state index contributed by atoms with van der Waals surface area (Å²) in [5.41, 5.74) is 0. The van der Waals surface area contributed by atoms with Gasteiger partial charge in [0.05, 0.1) is 0 Å². The maximum atomic E-state index is 12.3. The first-order chi connectivity index (χ1) is 4.20. The van der Waals surface area contributed by atoms with Crippen molar-refractivity contribution in [3.8, 4) is 5.75 Å². The average molecular weight is 239 g/mol. The summed E-state index contributed by atoms with van der Waals surface area (Å²) < 4.78 is 12.9. The van der Waals surface area contributed by atoms with Crippen LogP contribution < -0.4 is 0 Å². The molecule has 48 valence electrons. The summed E-state index contributed by atoms with van der Waals surface area (Å²) in [5, 5.41) is 7.14. The molecule has 9 heavy (non-hydrogen) atoms. The molecule has 0 heterocycles. The van der Waals surface area contributed by atoms with Crippen LogP contribution in [0, 0.1) is 9.39 Å². The van der Waals surface area contributed by atoms with Gasteiger partial charge in [-0.15, -0.1) is 0 Å². The third-order valence-electron chi connectivity index (χ3n) is 0.931. The normalized spacial score (nSPS) is 9.56. The lowest BCUT2D eigenvalue weighted by Gasteiger charge is -1.89. The van der Waals surface area contributed by atoms with Crippen molar-refractivity contribution in [2.75, 3.05) is 0 Å². The van der Waals surface area contributed by atoms with Crippen LogP contribution in [0.4, 0.5) is 4.39 Å². The van der Waals surface area contributed by atoms with Crippen molar-refractivity contribution in [3.63, 3.8) is 0 Å². The van der Waals surface area contributed by atoms with E-state index in [1.54, 1.807) is 0 Å². The van der Waals surface area contributed by atoms with E-state index >= 15 is 0 Å². The molecule has 0 atom stereocenters. The highest BCUT2D eigenvalue weighted by atomic mass is 127. The molecule has 0 aromatic heterocycles.